The summed E-state index contributed by atoms with van der Waals surface area (Å²) in [4.78, 5) is 6.34. The highest BCUT2D eigenvalue weighted by Crippen LogP contribution is 2.22. The molecule has 0 aliphatic carbocycles. The van der Waals surface area contributed by atoms with Gasteiger partial charge in [0.25, 0.3) is 0 Å². The molecule has 112 valence electrons. The van der Waals surface area contributed by atoms with Gasteiger partial charge in [-0.2, -0.15) is 0 Å². The number of hydrogen-bond acceptors (Lipinski definition) is 3. The van der Waals surface area contributed by atoms with Crippen LogP contribution in [-0.4, -0.2) is 18.6 Å². The second-order valence-electron chi connectivity index (χ2n) is 5.58. The molecule has 0 aliphatic heterocycles. The topological polar surface area (TPSA) is 28.2 Å². The van der Waals surface area contributed by atoms with Crippen molar-refractivity contribution >= 4 is 11.5 Å². The summed E-state index contributed by atoms with van der Waals surface area (Å²) in [6, 6.07) is 10.5. The first-order chi connectivity index (χ1) is 10.1. The molecule has 0 spiro atoms. The summed E-state index contributed by atoms with van der Waals surface area (Å²) < 4.78 is 13.0. The Labute approximate surface area is 125 Å². The maximum Gasteiger partial charge on any atom is 0.132 e. The summed E-state index contributed by atoms with van der Waals surface area (Å²) in [5, 5.41) is 3.42. The third-order valence-electron chi connectivity index (χ3n) is 3.25. The maximum atomic E-state index is 13.0. The molecule has 1 heterocycles. The summed E-state index contributed by atoms with van der Waals surface area (Å²) in [6.45, 7) is 6.19. The number of benzene rings is 1. The van der Waals surface area contributed by atoms with Crippen molar-refractivity contribution in [1.82, 2.24) is 10.3 Å². The first-order valence-corrected chi connectivity index (χ1v) is 7.21. The Morgan fingerprint density at radius 2 is 1.90 bits per heavy atom. The molecule has 0 bridgehead atoms. The molecule has 0 aliphatic rings. The Bertz CT molecular complexity index is 567. The predicted molar refractivity (Wildman–Crippen MR) is 85.2 cm³/mol. The van der Waals surface area contributed by atoms with Crippen molar-refractivity contribution in [2.45, 2.75) is 20.4 Å². The summed E-state index contributed by atoms with van der Waals surface area (Å²) in [7, 11) is 1.93. The van der Waals surface area contributed by atoms with E-state index in [0.717, 1.165) is 24.6 Å². The predicted octanol–water partition coefficient (Wildman–Crippen LogP) is 3.73. The van der Waals surface area contributed by atoms with Gasteiger partial charge in [0.05, 0.1) is 0 Å². The minimum Gasteiger partial charge on any atom is -0.329 e. The van der Waals surface area contributed by atoms with E-state index < -0.39 is 0 Å². The van der Waals surface area contributed by atoms with Crippen molar-refractivity contribution in [2.75, 3.05) is 18.5 Å². The molecule has 2 rings (SSSR count). The molecule has 4 heteroatoms. The lowest BCUT2D eigenvalue weighted by Crippen LogP contribution is -2.19. The van der Waals surface area contributed by atoms with Crippen LogP contribution in [0.3, 0.4) is 0 Å². The molecular weight excluding hydrogens is 265 g/mol. The number of halogens is 1. The van der Waals surface area contributed by atoms with E-state index in [1.807, 2.05) is 24.2 Å². The van der Waals surface area contributed by atoms with E-state index in [0.29, 0.717) is 5.92 Å². The molecule has 0 saturated carbocycles. The van der Waals surface area contributed by atoms with Gasteiger partial charge in [0.2, 0.25) is 0 Å². The van der Waals surface area contributed by atoms with Crippen LogP contribution in [0.5, 0.6) is 0 Å². The second-order valence-corrected chi connectivity index (χ2v) is 5.58. The van der Waals surface area contributed by atoms with Gasteiger partial charge in [-0.15, -0.1) is 0 Å². The lowest BCUT2D eigenvalue weighted by atomic mass is 10.2. The Kier molecular flexibility index (Phi) is 5.28. The van der Waals surface area contributed by atoms with Crippen molar-refractivity contribution in [3.8, 4) is 0 Å². The zero-order valence-electron chi connectivity index (χ0n) is 12.8. The zero-order chi connectivity index (χ0) is 15.2. The third-order valence-corrected chi connectivity index (χ3v) is 3.25. The number of hydrogen-bond donors (Lipinski definition) is 1. The highest BCUT2D eigenvalue weighted by Gasteiger charge is 2.06. The van der Waals surface area contributed by atoms with Crippen LogP contribution >= 0.6 is 0 Å². The summed E-state index contributed by atoms with van der Waals surface area (Å²) in [5.74, 6) is 1.25. The Hall–Kier alpha value is -1.94. The Morgan fingerprint density at radius 3 is 2.57 bits per heavy atom. The van der Waals surface area contributed by atoms with Gasteiger partial charge in [-0.3, -0.25) is 0 Å². The minimum absolute atomic E-state index is 0.230. The van der Waals surface area contributed by atoms with Gasteiger partial charge in [-0.1, -0.05) is 13.8 Å². The van der Waals surface area contributed by atoms with Crippen LogP contribution in [0.2, 0.25) is 0 Å². The number of pyridine rings is 1. The largest absolute Gasteiger partial charge is 0.329 e. The number of aromatic nitrogens is 1. The van der Waals surface area contributed by atoms with Crippen molar-refractivity contribution in [3.05, 3.63) is 54.0 Å². The number of nitrogens with one attached hydrogen (secondary N) is 1. The van der Waals surface area contributed by atoms with Gasteiger partial charge < -0.3 is 10.2 Å². The molecular formula is C17H22FN3. The fourth-order valence-electron chi connectivity index (χ4n) is 2.06. The molecule has 2 aromatic rings. The normalized spacial score (nSPS) is 10.9. The van der Waals surface area contributed by atoms with E-state index in [1.165, 1.54) is 17.7 Å². The monoisotopic (exact) mass is 287 g/mol. The van der Waals surface area contributed by atoms with Crippen molar-refractivity contribution < 1.29 is 4.39 Å². The average Bonchev–Trinajstić information content (AvgIpc) is 2.47. The molecule has 0 saturated heterocycles. The van der Waals surface area contributed by atoms with E-state index in [1.54, 1.807) is 12.1 Å². The van der Waals surface area contributed by atoms with Gasteiger partial charge in [-0.25, -0.2) is 9.37 Å². The zero-order valence-corrected chi connectivity index (χ0v) is 12.8. The number of nitrogens with zero attached hydrogens (tertiary/aromatic N) is 2. The van der Waals surface area contributed by atoms with Crippen LogP contribution in [0, 0.1) is 11.7 Å². The average molecular weight is 287 g/mol. The van der Waals surface area contributed by atoms with Crippen molar-refractivity contribution in [1.29, 1.82) is 0 Å². The standard InChI is InChI=1S/C17H22FN3/c1-13(2)11-19-12-14-8-9-20-17(10-14)21(3)16-6-4-15(18)5-7-16/h4-10,13,19H,11-12H2,1-3H3. The first-order valence-electron chi connectivity index (χ1n) is 7.21. The van der Waals surface area contributed by atoms with Crippen LogP contribution in [0.25, 0.3) is 0 Å². The van der Waals surface area contributed by atoms with Gasteiger partial charge in [0, 0.05) is 25.5 Å². The summed E-state index contributed by atoms with van der Waals surface area (Å²) in [6.07, 6.45) is 1.81. The molecule has 0 radical (unpaired) electrons. The molecule has 0 unspecified atom stereocenters. The third kappa shape index (κ3) is 4.53. The number of rotatable bonds is 6. The van der Waals surface area contributed by atoms with Crippen LogP contribution in [0.4, 0.5) is 15.9 Å². The van der Waals surface area contributed by atoms with Crippen molar-refractivity contribution in [2.24, 2.45) is 5.92 Å². The van der Waals surface area contributed by atoms with Gasteiger partial charge in [0.1, 0.15) is 11.6 Å². The molecule has 0 atom stereocenters. The van der Waals surface area contributed by atoms with E-state index in [4.69, 9.17) is 0 Å². The summed E-state index contributed by atoms with van der Waals surface area (Å²) >= 11 is 0. The van der Waals surface area contributed by atoms with Crippen LogP contribution in [0.15, 0.2) is 42.6 Å². The minimum atomic E-state index is -0.230. The fourth-order valence-corrected chi connectivity index (χ4v) is 2.06. The Morgan fingerprint density at radius 1 is 1.19 bits per heavy atom. The van der Waals surface area contributed by atoms with Crippen LogP contribution in [-0.2, 0) is 6.54 Å². The van der Waals surface area contributed by atoms with Crippen molar-refractivity contribution in [3.63, 3.8) is 0 Å². The van der Waals surface area contributed by atoms with Crippen LogP contribution < -0.4 is 10.2 Å². The smallest absolute Gasteiger partial charge is 0.132 e. The molecule has 0 fully saturated rings. The van der Waals surface area contributed by atoms with E-state index in [2.05, 4.69) is 30.2 Å². The molecule has 1 aromatic heterocycles. The summed E-state index contributed by atoms with van der Waals surface area (Å²) in [5.41, 5.74) is 2.10. The van der Waals surface area contributed by atoms with E-state index >= 15 is 0 Å². The highest BCUT2D eigenvalue weighted by atomic mass is 19.1. The van der Waals surface area contributed by atoms with Gasteiger partial charge >= 0.3 is 0 Å². The van der Waals surface area contributed by atoms with Gasteiger partial charge in [0.15, 0.2) is 0 Å². The van der Waals surface area contributed by atoms with Gasteiger partial charge in [-0.05, 0) is 54.4 Å². The molecule has 1 aromatic carbocycles. The highest BCUT2D eigenvalue weighted by molar-refractivity contribution is 5.59. The molecule has 21 heavy (non-hydrogen) atoms. The quantitative estimate of drug-likeness (QED) is 0.877. The number of anilines is 2. The molecule has 1 N–H and O–H groups in total. The second kappa shape index (κ2) is 7.18. The molecule has 3 nitrogen and oxygen atoms in total. The lowest BCUT2D eigenvalue weighted by Gasteiger charge is -2.19. The van der Waals surface area contributed by atoms with E-state index in [9.17, 15) is 4.39 Å². The fraction of sp³-hybridized carbons (Fsp3) is 0.353. The first kappa shape index (κ1) is 15.4. The van der Waals surface area contributed by atoms with Crippen LogP contribution in [0.1, 0.15) is 19.4 Å². The molecule has 0 amide bonds. The maximum absolute atomic E-state index is 13.0. The lowest BCUT2D eigenvalue weighted by molar-refractivity contribution is 0.552. The Balaban J connectivity index is 2.07. The SMILES string of the molecule is CC(C)CNCc1ccnc(N(C)c2ccc(F)cc2)c1. The van der Waals surface area contributed by atoms with E-state index in [-0.39, 0.29) is 5.82 Å².